The monoisotopic (exact) mass is 307 g/mol. The van der Waals surface area contributed by atoms with Gasteiger partial charge >= 0.3 is 5.97 Å². The van der Waals surface area contributed by atoms with Gasteiger partial charge in [0.15, 0.2) is 11.0 Å². The number of esters is 1. The van der Waals surface area contributed by atoms with Gasteiger partial charge in [0, 0.05) is 13.6 Å². The van der Waals surface area contributed by atoms with Crippen LogP contribution in [0, 0.1) is 0 Å². The van der Waals surface area contributed by atoms with Crippen molar-refractivity contribution in [1.29, 1.82) is 0 Å². The number of hydrogen-bond acceptors (Lipinski definition) is 4. The molecule has 0 aliphatic heterocycles. The fourth-order valence-electron chi connectivity index (χ4n) is 1.83. The summed E-state index contributed by atoms with van der Waals surface area (Å²) in [5.74, 6) is -0.469. The number of carbonyl (C=O) groups excluding carboxylic acids is 2. The van der Waals surface area contributed by atoms with E-state index in [0.717, 1.165) is 5.56 Å². The predicted octanol–water partition coefficient (Wildman–Crippen LogP) is 2.99. The Morgan fingerprint density at radius 3 is 2.38 bits per heavy atom. The molecule has 6 heteroatoms. The highest BCUT2D eigenvalue weighted by atomic mass is 35.5. The first kappa shape index (κ1) is 15.1. The lowest BCUT2D eigenvalue weighted by atomic mass is 10.1. The molecule has 0 radical (unpaired) electrons. The van der Waals surface area contributed by atoms with Gasteiger partial charge in [0.1, 0.15) is 0 Å². The fraction of sp³-hybridized carbons (Fsp3) is 0.200. The molecule has 0 bridgehead atoms. The Morgan fingerprint density at radius 2 is 1.86 bits per heavy atom. The molecule has 0 aliphatic rings. The Balaban J connectivity index is 2.04. The van der Waals surface area contributed by atoms with Gasteiger partial charge in [0.05, 0.1) is 12.7 Å². The summed E-state index contributed by atoms with van der Waals surface area (Å²) >= 11 is 5.65. The maximum atomic E-state index is 12.1. The summed E-state index contributed by atoms with van der Waals surface area (Å²) < 4.78 is 9.71. The minimum Gasteiger partial charge on any atom is -0.465 e. The van der Waals surface area contributed by atoms with Gasteiger partial charge in [-0.25, -0.2) is 4.79 Å². The molecule has 0 saturated carbocycles. The molecule has 1 aromatic carbocycles. The molecule has 0 saturated heterocycles. The van der Waals surface area contributed by atoms with Crippen LogP contribution in [0.5, 0.6) is 0 Å². The molecule has 2 aromatic rings. The number of furan rings is 1. The molecule has 0 aliphatic carbocycles. The lowest BCUT2D eigenvalue weighted by molar-refractivity contribution is 0.0600. The highest BCUT2D eigenvalue weighted by Crippen LogP contribution is 2.16. The van der Waals surface area contributed by atoms with E-state index in [9.17, 15) is 9.59 Å². The van der Waals surface area contributed by atoms with Crippen molar-refractivity contribution < 1.29 is 18.7 Å². The second kappa shape index (κ2) is 6.45. The average Bonchev–Trinajstić information content (AvgIpc) is 2.93. The van der Waals surface area contributed by atoms with Crippen LogP contribution < -0.4 is 0 Å². The molecule has 5 nitrogen and oxygen atoms in total. The van der Waals surface area contributed by atoms with Crippen molar-refractivity contribution in [2.45, 2.75) is 6.54 Å². The SMILES string of the molecule is COC(=O)c1ccc(CN(C)C(=O)c2ccc(Cl)o2)cc1. The third kappa shape index (κ3) is 3.64. The number of hydrogen-bond donors (Lipinski definition) is 0. The van der Waals surface area contributed by atoms with Crippen LogP contribution in [0.2, 0.25) is 5.22 Å². The van der Waals surface area contributed by atoms with Gasteiger partial charge < -0.3 is 14.1 Å². The number of benzene rings is 1. The second-order valence-corrected chi connectivity index (χ2v) is 4.83. The number of amides is 1. The predicted molar refractivity (Wildman–Crippen MR) is 77.3 cm³/mol. The summed E-state index contributed by atoms with van der Waals surface area (Å²) in [6.07, 6.45) is 0. The lowest BCUT2D eigenvalue weighted by Crippen LogP contribution is -2.25. The lowest BCUT2D eigenvalue weighted by Gasteiger charge is -2.15. The van der Waals surface area contributed by atoms with Crippen LogP contribution >= 0.6 is 11.6 Å². The van der Waals surface area contributed by atoms with E-state index >= 15 is 0 Å². The van der Waals surface area contributed by atoms with E-state index in [1.807, 2.05) is 0 Å². The van der Waals surface area contributed by atoms with Gasteiger partial charge in [-0.15, -0.1) is 0 Å². The van der Waals surface area contributed by atoms with Crippen LogP contribution in [-0.2, 0) is 11.3 Å². The number of methoxy groups -OCH3 is 1. The van der Waals surface area contributed by atoms with Crippen molar-refractivity contribution in [2.24, 2.45) is 0 Å². The Morgan fingerprint density at radius 1 is 1.19 bits per heavy atom. The summed E-state index contributed by atoms with van der Waals surface area (Å²) in [6.45, 7) is 0.388. The highest BCUT2D eigenvalue weighted by Gasteiger charge is 2.16. The maximum absolute atomic E-state index is 12.1. The molecule has 110 valence electrons. The Kier molecular flexibility index (Phi) is 4.65. The normalized spacial score (nSPS) is 10.2. The van der Waals surface area contributed by atoms with Crippen molar-refractivity contribution in [1.82, 2.24) is 4.90 Å². The van der Waals surface area contributed by atoms with Gasteiger partial charge in [-0.05, 0) is 41.4 Å². The van der Waals surface area contributed by atoms with Crippen molar-refractivity contribution in [3.05, 3.63) is 58.5 Å². The van der Waals surface area contributed by atoms with Crippen LogP contribution in [0.1, 0.15) is 26.5 Å². The van der Waals surface area contributed by atoms with Gasteiger partial charge in [0.2, 0.25) is 0 Å². The molecule has 1 amide bonds. The number of carbonyl (C=O) groups is 2. The molecule has 0 unspecified atom stereocenters. The van der Waals surface area contributed by atoms with E-state index in [-0.39, 0.29) is 16.9 Å². The number of nitrogens with zero attached hydrogens (tertiary/aromatic N) is 1. The van der Waals surface area contributed by atoms with Gasteiger partial charge in [-0.1, -0.05) is 12.1 Å². The molecule has 1 aromatic heterocycles. The largest absolute Gasteiger partial charge is 0.465 e. The van der Waals surface area contributed by atoms with Crippen LogP contribution in [0.15, 0.2) is 40.8 Å². The molecule has 2 rings (SSSR count). The van der Waals surface area contributed by atoms with Gasteiger partial charge in [-0.3, -0.25) is 4.79 Å². The Bertz CT molecular complexity index is 648. The molecule has 0 atom stereocenters. The summed E-state index contributed by atoms with van der Waals surface area (Å²) in [6, 6.07) is 9.90. The number of ether oxygens (including phenoxy) is 1. The zero-order chi connectivity index (χ0) is 15.4. The quantitative estimate of drug-likeness (QED) is 0.815. The van der Waals surface area contributed by atoms with E-state index in [1.165, 1.54) is 24.1 Å². The van der Waals surface area contributed by atoms with Crippen molar-refractivity contribution in [2.75, 3.05) is 14.2 Å². The van der Waals surface area contributed by atoms with E-state index in [2.05, 4.69) is 4.74 Å². The summed E-state index contributed by atoms with van der Waals surface area (Å²) in [4.78, 5) is 24.9. The topological polar surface area (TPSA) is 59.8 Å². The second-order valence-electron chi connectivity index (χ2n) is 4.45. The maximum Gasteiger partial charge on any atom is 0.337 e. The molecule has 0 spiro atoms. The summed E-state index contributed by atoms with van der Waals surface area (Å²) in [5, 5.41) is 0.175. The van der Waals surface area contributed by atoms with Crippen LogP contribution in [-0.4, -0.2) is 30.9 Å². The standard InChI is InChI=1S/C15H14ClNO4/c1-17(14(18)12-7-8-13(16)21-12)9-10-3-5-11(6-4-10)15(19)20-2/h3-8H,9H2,1-2H3. The van der Waals surface area contributed by atoms with Crippen molar-refractivity contribution in [3.63, 3.8) is 0 Å². The van der Waals surface area contributed by atoms with Gasteiger partial charge in [-0.2, -0.15) is 0 Å². The third-order valence-corrected chi connectivity index (χ3v) is 3.13. The first-order valence-corrected chi connectivity index (χ1v) is 6.57. The minimum absolute atomic E-state index is 0.175. The van der Waals surface area contributed by atoms with Crippen molar-refractivity contribution in [3.8, 4) is 0 Å². The number of rotatable bonds is 4. The van der Waals surface area contributed by atoms with Crippen LogP contribution in [0.3, 0.4) is 0 Å². The average molecular weight is 308 g/mol. The van der Waals surface area contributed by atoms with E-state index < -0.39 is 5.97 Å². The first-order valence-electron chi connectivity index (χ1n) is 6.19. The Hall–Kier alpha value is -2.27. The molecular weight excluding hydrogens is 294 g/mol. The summed E-state index contributed by atoms with van der Waals surface area (Å²) in [7, 11) is 2.99. The molecule has 0 fully saturated rings. The zero-order valence-corrected chi connectivity index (χ0v) is 12.4. The van der Waals surface area contributed by atoms with Gasteiger partial charge in [0.25, 0.3) is 5.91 Å². The first-order chi connectivity index (χ1) is 10.0. The van der Waals surface area contributed by atoms with Crippen LogP contribution in [0.4, 0.5) is 0 Å². The minimum atomic E-state index is -0.392. The smallest absolute Gasteiger partial charge is 0.337 e. The molecule has 0 N–H and O–H groups in total. The van der Waals surface area contributed by atoms with E-state index in [1.54, 1.807) is 31.3 Å². The fourth-order valence-corrected chi connectivity index (χ4v) is 1.97. The van der Waals surface area contributed by atoms with Crippen molar-refractivity contribution >= 4 is 23.5 Å². The molecular formula is C15H14ClNO4. The number of halogens is 1. The Labute approximate surface area is 127 Å². The zero-order valence-electron chi connectivity index (χ0n) is 11.6. The van der Waals surface area contributed by atoms with E-state index in [0.29, 0.717) is 12.1 Å². The molecule has 21 heavy (non-hydrogen) atoms. The van der Waals surface area contributed by atoms with E-state index in [4.69, 9.17) is 16.0 Å². The highest BCUT2D eigenvalue weighted by molar-refractivity contribution is 6.29. The van der Waals surface area contributed by atoms with Crippen LogP contribution in [0.25, 0.3) is 0 Å². The third-order valence-electron chi connectivity index (χ3n) is 2.93. The molecule has 1 heterocycles. The summed E-state index contributed by atoms with van der Waals surface area (Å²) in [5.41, 5.74) is 1.35.